The molecule has 1 saturated heterocycles. The fourth-order valence-electron chi connectivity index (χ4n) is 5.58. The summed E-state index contributed by atoms with van der Waals surface area (Å²) in [5, 5.41) is 8.98. The zero-order valence-corrected chi connectivity index (χ0v) is 24.3. The zero-order chi connectivity index (χ0) is 29.0. The van der Waals surface area contributed by atoms with Gasteiger partial charge in [0.1, 0.15) is 6.04 Å². The van der Waals surface area contributed by atoms with E-state index >= 15 is 0 Å². The maximum absolute atomic E-state index is 14.5. The summed E-state index contributed by atoms with van der Waals surface area (Å²) in [6.07, 6.45) is 0.995. The molecule has 40 heavy (non-hydrogen) atoms. The molecule has 0 saturated carbocycles. The third kappa shape index (κ3) is 6.71. The fraction of sp³-hybridized carbons (Fsp3) is 0.364. The van der Waals surface area contributed by atoms with Gasteiger partial charge in [-0.05, 0) is 82.2 Å². The first-order valence-corrected chi connectivity index (χ1v) is 13.8. The first kappa shape index (κ1) is 28.9. The summed E-state index contributed by atoms with van der Waals surface area (Å²) >= 11 is 0. The van der Waals surface area contributed by atoms with Crippen LogP contribution in [0.25, 0.3) is 0 Å². The number of hydrazine groups is 1. The van der Waals surface area contributed by atoms with Gasteiger partial charge >= 0.3 is 6.03 Å². The smallest absolute Gasteiger partial charge is 0.319 e. The molecule has 4 rings (SSSR count). The van der Waals surface area contributed by atoms with Crippen molar-refractivity contribution in [2.45, 2.75) is 77.9 Å². The van der Waals surface area contributed by atoms with Crippen molar-refractivity contribution >= 4 is 23.5 Å². The van der Waals surface area contributed by atoms with Crippen LogP contribution in [-0.4, -0.2) is 39.4 Å². The van der Waals surface area contributed by atoms with Crippen molar-refractivity contribution in [1.82, 2.24) is 15.3 Å². The second kappa shape index (κ2) is 11.9. The van der Waals surface area contributed by atoms with E-state index in [1.54, 1.807) is 10.0 Å². The number of anilines is 1. The van der Waals surface area contributed by atoms with E-state index in [4.69, 9.17) is 0 Å². The molecule has 0 radical (unpaired) electrons. The van der Waals surface area contributed by atoms with E-state index in [1.807, 2.05) is 101 Å². The molecule has 3 aromatic rings. The quantitative estimate of drug-likeness (QED) is 0.387. The molecule has 3 aromatic carbocycles. The van der Waals surface area contributed by atoms with Gasteiger partial charge in [-0.2, -0.15) is 0 Å². The minimum Gasteiger partial charge on any atom is -0.326 e. The fourth-order valence-corrected chi connectivity index (χ4v) is 5.58. The van der Waals surface area contributed by atoms with Crippen LogP contribution < -0.4 is 10.6 Å². The lowest BCUT2D eigenvalue weighted by Crippen LogP contribution is -2.61. The number of urea groups is 1. The van der Waals surface area contributed by atoms with Crippen molar-refractivity contribution in [1.29, 1.82) is 0 Å². The molecule has 0 aromatic heterocycles. The van der Waals surface area contributed by atoms with Gasteiger partial charge in [-0.25, -0.2) is 14.8 Å². The second-order valence-corrected chi connectivity index (χ2v) is 11.7. The Hall–Kier alpha value is -4.13. The van der Waals surface area contributed by atoms with E-state index in [-0.39, 0.29) is 17.7 Å². The minimum atomic E-state index is -0.852. The van der Waals surface area contributed by atoms with Crippen LogP contribution in [-0.2, 0) is 9.59 Å². The van der Waals surface area contributed by atoms with E-state index in [9.17, 15) is 14.4 Å². The Morgan fingerprint density at radius 2 is 1.52 bits per heavy atom. The Bertz CT molecular complexity index is 1350. The first-order chi connectivity index (χ1) is 18.9. The molecular weight excluding hydrogens is 500 g/mol. The van der Waals surface area contributed by atoms with Crippen LogP contribution in [0.3, 0.4) is 0 Å². The highest BCUT2D eigenvalue weighted by atomic mass is 16.2. The predicted molar refractivity (Wildman–Crippen MR) is 159 cm³/mol. The Balaban J connectivity index is 1.79. The minimum absolute atomic E-state index is 0.0421. The molecule has 0 aliphatic carbocycles. The lowest BCUT2D eigenvalue weighted by molar-refractivity contribution is -0.181. The Morgan fingerprint density at radius 1 is 0.850 bits per heavy atom. The maximum Gasteiger partial charge on any atom is 0.319 e. The van der Waals surface area contributed by atoms with Gasteiger partial charge in [0.2, 0.25) is 5.91 Å². The highest BCUT2D eigenvalue weighted by Crippen LogP contribution is 2.41. The second-order valence-electron chi connectivity index (χ2n) is 11.7. The van der Waals surface area contributed by atoms with Gasteiger partial charge < -0.3 is 10.6 Å². The van der Waals surface area contributed by atoms with E-state index in [2.05, 4.69) is 22.8 Å². The van der Waals surface area contributed by atoms with Crippen LogP contribution in [0.5, 0.6) is 0 Å². The molecule has 4 amide bonds. The number of carbonyl (C=O) groups excluding carboxylic acids is 3. The largest absolute Gasteiger partial charge is 0.326 e. The summed E-state index contributed by atoms with van der Waals surface area (Å²) < 4.78 is 0. The number of amides is 4. The average molecular weight is 541 g/mol. The van der Waals surface area contributed by atoms with E-state index < -0.39 is 23.7 Å². The molecule has 0 bridgehead atoms. The van der Waals surface area contributed by atoms with Crippen molar-refractivity contribution in [2.24, 2.45) is 0 Å². The number of benzene rings is 3. The van der Waals surface area contributed by atoms with Crippen LogP contribution in [0.4, 0.5) is 10.5 Å². The van der Waals surface area contributed by atoms with Gasteiger partial charge in [-0.1, -0.05) is 72.3 Å². The van der Waals surface area contributed by atoms with E-state index in [0.29, 0.717) is 18.5 Å². The summed E-state index contributed by atoms with van der Waals surface area (Å²) in [7, 11) is 0. The van der Waals surface area contributed by atoms with Gasteiger partial charge in [0.25, 0.3) is 5.91 Å². The summed E-state index contributed by atoms with van der Waals surface area (Å²) in [5.74, 6) is -0.591. The Labute approximate surface area is 237 Å². The average Bonchev–Trinajstić information content (AvgIpc) is 3.01. The molecule has 3 unspecified atom stereocenters. The van der Waals surface area contributed by atoms with Crippen molar-refractivity contribution < 1.29 is 14.4 Å². The van der Waals surface area contributed by atoms with Gasteiger partial charge in [0.15, 0.2) is 0 Å². The SMILES string of the molecule is CC(=O)N(N1C(=O)C(NC(=O)Nc2cccc(C)c2)CC(c2ccccc2)CC1c1ccc(C)cc1)C(C)(C)C. The van der Waals surface area contributed by atoms with Gasteiger partial charge in [0, 0.05) is 12.6 Å². The number of nitrogens with zero attached hydrogens (tertiary/aromatic N) is 2. The zero-order valence-electron chi connectivity index (χ0n) is 24.3. The van der Waals surface area contributed by atoms with Crippen molar-refractivity contribution in [3.05, 3.63) is 101 Å². The third-order valence-corrected chi connectivity index (χ3v) is 7.31. The molecule has 1 fully saturated rings. The molecular formula is C33H40N4O3. The van der Waals surface area contributed by atoms with E-state index in [0.717, 1.165) is 22.3 Å². The number of rotatable bonds is 5. The predicted octanol–water partition coefficient (Wildman–Crippen LogP) is 6.50. The highest BCUT2D eigenvalue weighted by molar-refractivity contribution is 5.94. The Kier molecular flexibility index (Phi) is 8.62. The number of carbonyl (C=O) groups is 3. The highest BCUT2D eigenvalue weighted by Gasteiger charge is 2.45. The molecule has 0 spiro atoms. The summed E-state index contributed by atoms with van der Waals surface area (Å²) in [6.45, 7) is 11.2. The summed E-state index contributed by atoms with van der Waals surface area (Å²) in [6, 6.07) is 24.0. The lowest BCUT2D eigenvalue weighted by atomic mass is 9.86. The molecule has 7 nitrogen and oxygen atoms in total. The normalized spacial score (nSPS) is 19.5. The number of aryl methyl sites for hydroxylation is 2. The molecule has 210 valence electrons. The van der Waals surface area contributed by atoms with Crippen LogP contribution in [0.15, 0.2) is 78.9 Å². The number of hydrogen-bond donors (Lipinski definition) is 2. The third-order valence-electron chi connectivity index (χ3n) is 7.31. The van der Waals surface area contributed by atoms with Gasteiger partial charge in [-0.3, -0.25) is 9.59 Å². The standard InChI is InChI=1S/C33H40N4O3/c1-22-15-17-26(18-16-22)30-21-27(25-12-8-7-9-13-25)20-29(31(39)36(30)37(24(3)38)33(4,5)6)35-32(40)34-28-14-10-11-23(2)19-28/h7-19,27,29-30H,20-21H2,1-6H3,(H2,34,35,40). The molecule has 1 heterocycles. The lowest BCUT2D eigenvalue weighted by Gasteiger charge is -2.47. The monoisotopic (exact) mass is 540 g/mol. The van der Waals surface area contributed by atoms with Crippen LogP contribution >= 0.6 is 0 Å². The van der Waals surface area contributed by atoms with Crippen LogP contribution in [0.2, 0.25) is 0 Å². The van der Waals surface area contributed by atoms with E-state index in [1.165, 1.54) is 6.92 Å². The Morgan fingerprint density at radius 3 is 2.12 bits per heavy atom. The molecule has 7 heteroatoms. The topological polar surface area (TPSA) is 81.8 Å². The molecule has 3 atom stereocenters. The van der Waals surface area contributed by atoms with Crippen LogP contribution in [0.1, 0.15) is 74.8 Å². The van der Waals surface area contributed by atoms with Crippen molar-refractivity contribution in [3.8, 4) is 0 Å². The molecule has 1 aliphatic rings. The van der Waals surface area contributed by atoms with Crippen LogP contribution in [0, 0.1) is 13.8 Å². The van der Waals surface area contributed by atoms with Crippen molar-refractivity contribution in [2.75, 3.05) is 5.32 Å². The number of hydrogen-bond acceptors (Lipinski definition) is 3. The summed E-state index contributed by atoms with van der Waals surface area (Å²) in [4.78, 5) is 40.9. The summed E-state index contributed by atoms with van der Waals surface area (Å²) in [5.41, 5.74) is 4.13. The molecule has 2 N–H and O–H groups in total. The number of nitrogens with one attached hydrogen (secondary N) is 2. The molecule has 1 aliphatic heterocycles. The first-order valence-electron chi connectivity index (χ1n) is 13.8. The van der Waals surface area contributed by atoms with Gasteiger partial charge in [-0.15, -0.1) is 0 Å². The maximum atomic E-state index is 14.5. The van der Waals surface area contributed by atoms with Crippen molar-refractivity contribution in [3.63, 3.8) is 0 Å². The van der Waals surface area contributed by atoms with Gasteiger partial charge in [0.05, 0.1) is 11.6 Å².